The zero-order valence-electron chi connectivity index (χ0n) is 7.16. The minimum Gasteiger partial charge on any atom is -0.497 e. The second-order valence-corrected chi connectivity index (χ2v) is 2.64. The predicted molar refractivity (Wildman–Crippen MR) is 52.3 cm³/mol. The maximum atomic E-state index is 11.3. The minimum absolute atomic E-state index is 0.131. The van der Waals surface area contributed by atoms with E-state index in [1.54, 1.807) is 31.4 Å². The van der Waals surface area contributed by atoms with Gasteiger partial charge in [-0.2, -0.15) is 0 Å². The number of allylic oxidation sites excluding steroid dienone is 1. The van der Waals surface area contributed by atoms with Gasteiger partial charge in [0.2, 0.25) is 0 Å². The van der Waals surface area contributed by atoms with Gasteiger partial charge in [-0.05, 0) is 18.2 Å². The highest BCUT2D eigenvalue weighted by molar-refractivity contribution is 6.27. The van der Waals surface area contributed by atoms with Crippen molar-refractivity contribution in [2.75, 3.05) is 7.11 Å². The summed E-state index contributed by atoms with van der Waals surface area (Å²) in [5.41, 5.74) is 1.76. The Morgan fingerprint density at radius 2 is 2.31 bits per heavy atom. The van der Waals surface area contributed by atoms with Gasteiger partial charge in [0.05, 0.1) is 7.11 Å². The molecule has 0 amide bonds. The number of carbonyl (C=O) groups is 1. The number of carbonyl (C=O) groups excluding carboxylic acids is 1. The van der Waals surface area contributed by atoms with Gasteiger partial charge in [0.1, 0.15) is 5.75 Å². The molecule has 0 saturated carbocycles. The molecule has 0 aromatic heterocycles. The molecule has 68 valence electrons. The molecular formula is C10H9ClO2. The van der Waals surface area contributed by atoms with E-state index in [4.69, 9.17) is 16.3 Å². The Hall–Kier alpha value is -1.28. The van der Waals surface area contributed by atoms with E-state index in [1.807, 2.05) is 0 Å². The van der Waals surface area contributed by atoms with E-state index in [1.165, 1.54) is 11.6 Å². The van der Waals surface area contributed by atoms with Gasteiger partial charge in [-0.25, -0.2) is 0 Å². The van der Waals surface area contributed by atoms with Crippen molar-refractivity contribution in [2.24, 2.45) is 0 Å². The SMILES string of the molecule is COc1cccc(C(=O)C=CCl)c1. The number of hydrogen-bond donors (Lipinski definition) is 0. The lowest BCUT2D eigenvalue weighted by Gasteiger charge is -2.00. The smallest absolute Gasteiger partial charge is 0.186 e. The first-order valence-electron chi connectivity index (χ1n) is 3.73. The summed E-state index contributed by atoms with van der Waals surface area (Å²) < 4.78 is 4.97. The summed E-state index contributed by atoms with van der Waals surface area (Å²) in [5.74, 6) is 0.530. The Morgan fingerprint density at radius 3 is 2.92 bits per heavy atom. The van der Waals surface area contributed by atoms with Crippen LogP contribution in [0.5, 0.6) is 5.75 Å². The van der Waals surface area contributed by atoms with Gasteiger partial charge in [-0.1, -0.05) is 23.7 Å². The fraction of sp³-hybridized carbons (Fsp3) is 0.100. The van der Waals surface area contributed by atoms with Crippen molar-refractivity contribution < 1.29 is 9.53 Å². The second kappa shape index (κ2) is 4.67. The van der Waals surface area contributed by atoms with Crippen LogP contribution in [0.2, 0.25) is 0 Å². The normalized spacial score (nSPS) is 10.3. The molecule has 0 fully saturated rings. The van der Waals surface area contributed by atoms with Crippen LogP contribution in [0, 0.1) is 0 Å². The highest BCUT2D eigenvalue weighted by atomic mass is 35.5. The van der Waals surface area contributed by atoms with E-state index >= 15 is 0 Å². The van der Waals surface area contributed by atoms with Gasteiger partial charge in [-0.15, -0.1) is 0 Å². The molecule has 1 rings (SSSR count). The summed E-state index contributed by atoms with van der Waals surface area (Å²) in [6.45, 7) is 0. The molecule has 0 unspecified atom stereocenters. The molecule has 13 heavy (non-hydrogen) atoms. The van der Waals surface area contributed by atoms with E-state index in [0.717, 1.165) is 0 Å². The fourth-order valence-electron chi connectivity index (χ4n) is 0.930. The topological polar surface area (TPSA) is 26.3 Å². The maximum absolute atomic E-state index is 11.3. The number of hydrogen-bond acceptors (Lipinski definition) is 2. The number of ether oxygens (including phenoxy) is 1. The third-order valence-corrected chi connectivity index (χ3v) is 1.69. The molecule has 0 radical (unpaired) electrons. The number of benzene rings is 1. The summed E-state index contributed by atoms with van der Waals surface area (Å²) in [5, 5.41) is 0. The van der Waals surface area contributed by atoms with E-state index in [0.29, 0.717) is 11.3 Å². The zero-order valence-corrected chi connectivity index (χ0v) is 7.91. The molecule has 1 aromatic carbocycles. The summed E-state index contributed by atoms with van der Waals surface area (Å²) >= 11 is 5.29. The molecule has 1 aromatic rings. The average molecular weight is 197 g/mol. The first-order valence-corrected chi connectivity index (χ1v) is 4.16. The van der Waals surface area contributed by atoms with E-state index in [9.17, 15) is 4.79 Å². The van der Waals surface area contributed by atoms with Crippen LogP contribution in [0.15, 0.2) is 35.9 Å². The molecule has 3 heteroatoms. The minimum atomic E-state index is -0.131. The largest absolute Gasteiger partial charge is 0.497 e. The molecule has 0 aliphatic rings. The Kier molecular flexibility index (Phi) is 3.53. The maximum Gasteiger partial charge on any atom is 0.186 e. The van der Waals surface area contributed by atoms with Crippen molar-refractivity contribution >= 4 is 17.4 Å². The second-order valence-electron chi connectivity index (χ2n) is 2.39. The summed E-state index contributed by atoms with van der Waals surface area (Å²) in [6.07, 6.45) is 1.30. The van der Waals surface area contributed by atoms with Gasteiger partial charge < -0.3 is 4.74 Å². The van der Waals surface area contributed by atoms with Gasteiger partial charge in [0.15, 0.2) is 5.78 Å². The van der Waals surface area contributed by atoms with Crippen molar-refractivity contribution in [3.63, 3.8) is 0 Å². The monoisotopic (exact) mass is 196 g/mol. The highest BCUT2D eigenvalue weighted by Crippen LogP contribution is 2.13. The van der Waals surface area contributed by atoms with Crippen LogP contribution in [-0.2, 0) is 0 Å². The van der Waals surface area contributed by atoms with Crippen molar-refractivity contribution in [3.05, 3.63) is 41.4 Å². The van der Waals surface area contributed by atoms with E-state index < -0.39 is 0 Å². The Morgan fingerprint density at radius 1 is 1.54 bits per heavy atom. The summed E-state index contributed by atoms with van der Waals surface area (Å²) in [6, 6.07) is 6.91. The van der Waals surface area contributed by atoms with Crippen molar-refractivity contribution in [2.45, 2.75) is 0 Å². The third kappa shape index (κ3) is 2.60. The summed E-state index contributed by atoms with van der Waals surface area (Å²) in [4.78, 5) is 11.3. The molecule has 0 heterocycles. The third-order valence-electron chi connectivity index (χ3n) is 1.57. The molecule has 0 atom stereocenters. The molecule has 0 bridgehead atoms. The van der Waals surface area contributed by atoms with Crippen LogP contribution in [0.25, 0.3) is 0 Å². The average Bonchev–Trinajstić information content (AvgIpc) is 2.18. The molecule has 2 nitrogen and oxygen atoms in total. The predicted octanol–water partition coefficient (Wildman–Crippen LogP) is 2.63. The standard InChI is InChI=1S/C10H9ClO2/c1-13-9-4-2-3-8(7-9)10(12)5-6-11/h2-7H,1H3. The van der Waals surface area contributed by atoms with Crippen LogP contribution in [0.3, 0.4) is 0 Å². The number of halogens is 1. The first-order chi connectivity index (χ1) is 6.27. The molecule has 0 aliphatic heterocycles. The Bertz CT molecular complexity index is 331. The molecule has 0 N–H and O–H groups in total. The van der Waals surface area contributed by atoms with Crippen LogP contribution >= 0.6 is 11.6 Å². The fourth-order valence-corrected chi connectivity index (χ4v) is 1.04. The molecular weight excluding hydrogens is 188 g/mol. The number of rotatable bonds is 3. The highest BCUT2D eigenvalue weighted by Gasteiger charge is 2.01. The van der Waals surface area contributed by atoms with Crippen LogP contribution < -0.4 is 4.74 Å². The van der Waals surface area contributed by atoms with Gasteiger partial charge >= 0.3 is 0 Å². The number of methoxy groups -OCH3 is 1. The van der Waals surface area contributed by atoms with Crippen LogP contribution in [0.4, 0.5) is 0 Å². The molecule has 0 saturated heterocycles. The van der Waals surface area contributed by atoms with Gasteiger partial charge in [-0.3, -0.25) is 4.79 Å². The Labute approximate surface area is 81.8 Å². The van der Waals surface area contributed by atoms with Gasteiger partial charge in [0.25, 0.3) is 0 Å². The van der Waals surface area contributed by atoms with Crippen LogP contribution in [-0.4, -0.2) is 12.9 Å². The quantitative estimate of drug-likeness (QED) is 0.549. The summed E-state index contributed by atoms with van der Waals surface area (Å²) in [7, 11) is 1.56. The Balaban J connectivity index is 2.94. The number of ketones is 1. The lowest BCUT2D eigenvalue weighted by Crippen LogP contribution is -1.94. The van der Waals surface area contributed by atoms with Crippen LogP contribution in [0.1, 0.15) is 10.4 Å². The first kappa shape index (κ1) is 9.81. The molecule has 0 spiro atoms. The zero-order chi connectivity index (χ0) is 9.68. The molecule has 0 aliphatic carbocycles. The van der Waals surface area contributed by atoms with E-state index in [2.05, 4.69) is 0 Å². The van der Waals surface area contributed by atoms with Gasteiger partial charge in [0, 0.05) is 11.1 Å². The van der Waals surface area contributed by atoms with Crippen molar-refractivity contribution in [3.8, 4) is 5.75 Å². The lowest BCUT2D eigenvalue weighted by molar-refractivity contribution is 0.104. The lowest BCUT2D eigenvalue weighted by atomic mass is 10.1. The van der Waals surface area contributed by atoms with Crippen molar-refractivity contribution in [1.29, 1.82) is 0 Å². The van der Waals surface area contributed by atoms with E-state index in [-0.39, 0.29) is 5.78 Å². The van der Waals surface area contributed by atoms with Crippen molar-refractivity contribution in [1.82, 2.24) is 0 Å².